The summed E-state index contributed by atoms with van der Waals surface area (Å²) in [5.41, 5.74) is 0.463. The Morgan fingerprint density at radius 2 is 1.04 bits per heavy atom. The maximum atomic E-state index is 14.6. The normalized spacial score (nSPS) is 19.9. The Morgan fingerprint density at radius 3 is 1.43 bits per heavy atom. The third-order valence-electron chi connectivity index (χ3n) is 7.46. The van der Waals surface area contributed by atoms with Gasteiger partial charge in [0.05, 0.1) is 5.92 Å². The minimum absolute atomic E-state index is 0.402. The van der Waals surface area contributed by atoms with Crippen molar-refractivity contribution in [2.75, 3.05) is 0 Å². The molecule has 0 unspecified atom stereocenters. The number of alkyl halides is 19. The number of benzene rings is 1. The molecular weight excluding hydrogens is 712 g/mol. The third kappa shape index (κ3) is 6.18. The average molecular weight is 732 g/mol. The van der Waals surface area contributed by atoms with Gasteiger partial charge in [0.25, 0.3) is 0 Å². The summed E-state index contributed by atoms with van der Waals surface area (Å²) in [6.07, 6.45) is -12.0. The SMILES string of the molecule is CCCc1ccc(OC(=O)[C@H]2CC[C@H](C(F)(F)C(F)(F)C(F)(F)C(F)(F)C(F)(F)C(F)(F)C(F)(F)C(F)(F)C(F)(F)F)CC2)c(F)c1. The smallest absolute Gasteiger partial charge is 0.423 e. The van der Waals surface area contributed by atoms with Gasteiger partial charge < -0.3 is 4.74 Å². The maximum Gasteiger partial charge on any atom is 0.460 e. The predicted molar refractivity (Wildman–Crippen MR) is 117 cm³/mol. The highest BCUT2D eigenvalue weighted by atomic mass is 19.4. The number of hydrogen-bond donors (Lipinski definition) is 0. The predicted octanol–water partition coefficient (Wildman–Crippen LogP) is 10.1. The molecule has 0 amide bonds. The second-order valence-electron chi connectivity index (χ2n) is 10.6. The Morgan fingerprint density at radius 1 is 0.638 bits per heavy atom. The summed E-state index contributed by atoms with van der Waals surface area (Å²) >= 11 is 0. The maximum absolute atomic E-state index is 14.6. The molecule has 0 atom stereocenters. The van der Waals surface area contributed by atoms with E-state index < -0.39 is 109 Å². The van der Waals surface area contributed by atoms with E-state index in [0.717, 1.165) is 12.1 Å². The van der Waals surface area contributed by atoms with Crippen LogP contribution in [0.15, 0.2) is 18.2 Å². The van der Waals surface area contributed by atoms with Gasteiger partial charge in [-0.1, -0.05) is 19.4 Å². The van der Waals surface area contributed by atoms with E-state index in [2.05, 4.69) is 0 Å². The summed E-state index contributed by atoms with van der Waals surface area (Å²) in [5.74, 6) is -75.0. The van der Waals surface area contributed by atoms with Crippen molar-refractivity contribution in [3.05, 3.63) is 29.6 Å². The zero-order valence-corrected chi connectivity index (χ0v) is 23.0. The third-order valence-corrected chi connectivity index (χ3v) is 7.46. The summed E-state index contributed by atoms with van der Waals surface area (Å²) in [7, 11) is 0. The molecule has 1 aromatic rings. The van der Waals surface area contributed by atoms with Gasteiger partial charge in [-0.2, -0.15) is 83.4 Å². The zero-order chi connectivity index (χ0) is 37.0. The lowest BCUT2D eigenvalue weighted by atomic mass is 9.75. The molecule has 22 heteroatoms. The largest absolute Gasteiger partial charge is 0.460 e. The van der Waals surface area contributed by atoms with Crippen LogP contribution >= 0.6 is 0 Å². The second kappa shape index (κ2) is 12.3. The minimum Gasteiger partial charge on any atom is -0.423 e. The van der Waals surface area contributed by atoms with E-state index in [0.29, 0.717) is 18.4 Å². The fourth-order valence-corrected chi connectivity index (χ4v) is 4.58. The number of ether oxygens (including phenoxy) is 1. The molecule has 272 valence electrons. The standard InChI is InChI=1S/C25H20F20O2/c1-2-3-11-4-9-15(14(26)10-11)47-16(46)12-5-7-13(8-6-12)17(27,28)18(29,30)19(31,32)20(33,34)21(35,36)22(37,38)23(39,40)24(41,42)25(43,44)45/h4,9-10,12-13H,2-3,5-8H2,1H3/t12-,13-. The van der Waals surface area contributed by atoms with Gasteiger partial charge in [-0.25, -0.2) is 4.39 Å². The van der Waals surface area contributed by atoms with E-state index >= 15 is 0 Å². The zero-order valence-electron chi connectivity index (χ0n) is 23.0. The van der Waals surface area contributed by atoms with Crippen LogP contribution in [0.5, 0.6) is 5.75 Å². The number of halogens is 20. The summed E-state index contributed by atoms with van der Waals surface area (Å²) < 4.78 is 277. The molecule has 0 radical (unpaired) electrons. The molecule has 1 saturated carbocycles. The molecule has 0 spiro atoms. The Labute approximate surface area is 250 Å². The van der Waals surface area contributed by atoms with Crippen LogP contribution in [-0.4, -0.2) is 59.5 Å². The molecule has 0 bridgehead atoms. The number of carbonyl (C=O) groups is 1. The Kier molecular flexibility index (Phi) is 10.6. The Balaban J connectivity index is 2.34. The van der Waals surface area contributed by atoms with Gasteiger partial charge in [0.15, 0.2) is 11.6 Å². The number of esters is 1. The minimum atomic E-state index is -8.98. The number of carbonyl (C=O) groups excluding carboxylic acids is 1. The number of rotatable bonds is 12. The van der Waals surface area contributed by atoms with Crippen LogP contribution in [0.2, 0.25) is 0 Å². The number of hydrogen-bond acceptors (Lipinski definition) is 2. The summed E-state index contributed by atoms with van der Waals surface area (Å²) in [4.78, 5) is 12.3. The van der Waals surface area contributed by atoms with Crippen LogP contribution in [-0.2, 0) is 11.2 Å². The molecule has 2 rings (SSSR count). The Hall–Kier alpha value is -2.71. The first kappa shape index (κ1) is 40.5. The molecule has 2 nitrogen and oxygen atoms in total. The van der Waals surface area contributed by atoms with Crippen molar-refractivity contribution < 1.29 is 97.3 Å². The van der Waals surface area contributed by atoms with Crippen LogP contribution in [0, 0.1) is 17.7 Å². The quantitative estimate of drug-likeness (QED) is 0.122. The first-order valence-electron chi connectivity index (χ1n) is 12.9. The summed E-state index contributed by atoms with van der Waals surface area (Å²) in [6.45, 7) is 1.75. The van der Waals surface area contributed by atoms with E-state index in [1.807, 2.05) is 0 Å². The molecule has 1 fully saturated rings. The average Bonchev–Trinajstić information content (AvgIpc) is 2.93. The van der Waals surface area contributed by atoms with E-state index in [4.69, 9.17) is 4.74 Å². The molecule has 1 aromatic carbocycles. The highest BCUT2D eigenvalue weighted by Crippen LogP contribution is 2.66. The highest BCUT2D eigenvalue weighted by molar-refractivity contribution is 5.75. The van der Waals surface area contributed by atoms with Crippen LogP contribution in [0.3, 0.4) is 0 Å². The molecule has 1 aliphatic carbocycles. The summed E-state index contributed by atoms with van der Waals surface area (Å²) in [5, 5.41) is 0. The fourth-order valence-electron chi connectivity index (χ4n) is 4.58. The van der Waals surface area contributed by atoms with E-state index in [1.165, 1.54) is 6.07 Å². The molecule has 0 heterocycles. The fraction of sp³-hybridized carbons (Fsp3) is 0.720. The van der Waals surface area contributed by atoms with Crippen LogP contribution < -0.4 is 4.74 Å². The molecule has 0 aliphatic heterocycles. The van der Waals surface area contributed by atoms with Gasteiger partial charge in [0, 0.05) is 5.92 Å². The second-order valence-corrected chi connectivity index (χ2v) is 10.6. The van der Waals surface area contributed by atoms with Crippen molar-refractivity contribution in [2.24, 2.45) is 11.8 Å². The van der Waals surface area contributed by atoms with Crippen molar-refractivity contribution in [3.63, 3.8) is 0 Å². The van der Waals surface area contributed by atoms with Crippen molar-refractivity contribution in [1.29, 1.82) is 0 Å². The highest BCUT2D eigenvalue weighted by Gasteiger charge is 2.96. The van der Waals surface area contributed by atoms with E-state index in [9.17, 15) is 92.6 Å². The topological polar surface area (TPSA) is 26.3 Å². The molecule has 1 aliphatic rings. The molecule has 0 N–H and O–H groups in total. The van der Waals surface area contributed by atoms with Crippen LogP contribution in [0.25, 0.3) is 0 Å². The Bertz CT molecular complexity index is 1280. The van der Waals surface area contributed by atoms with Gasteiger partial charge in [-0.05, 0) is 49.8 Å². The number of aryl methyl sites for hydroxylation is 1. The molecule has 0 saturated heterocycles. The van der Waals surface area contributed by atoms with Gasteiger partial charge in [-0.15, -0.1) is 0 Å². The van der Waals surface area contributed by atoms with E-state index in [-0.39, 0.29) is 0 Å². The van der Waals surface area contributed by atoms with Crippen LogP contribution in [0.4, 0.5) is 87.8 Å². The van der Waals surface area contributed by atoms with Gasteiger partial charge >= 0.3 is 59.5 Å². The van der Waals surface area contributed by atoms with Gasteiger partial charge in [0.1, 0.15) is 0 Å². The summed E-state index contributed by atoms with van der Waals surface area (Å²) in [6, 6.07) is 3.28. The monoisotopic (exact) mass is 732 g/mol. The van der Waals surface area contributed by atoms with Gasteiger partial charge in [0.2, 0.25) is 0 Å². The van der Waals surface area contributed by atoms with E-state index in [1.54, 1.807) is 6.92 Å². The molecule has 0 aromatic heterocycles. The van der Waals surface area contributed by atoms with Crippen molar-refractivity contribution >= 4 is 5.97 Å². The van der Waals surface area contributed by atoms with Crippen molar-refractivity contribution in [2.45, 2.75) is 99.0 Å². The molecular formula is C25H20F20O2. The lowest BCUT2D eigenvalue weighted by Crippen LogP contribution is -2.76. The van der Waals surface area contributed by atoms with Gasteiger partial charge in [-0.3, -0.25) is 4.79 Å². The van der Waals surface area contributed by atoms with Crippen molar-refractivity contribution in [1.82, 2.24) is 0 Å². The van der Waals surface area contributed by atoms with Crippen LogP contribution in [0.1, 0.15) is 44.6 Å². The lowest BCUT2D eigenvalue weighted by Gasteiger charge is -2.45. The van der Waals surface area contributed by atoms with Crippen molar-refractivity contribution in [3.8, 4) is 5.75 Å². The lowest BCUT2D eigenvalue weighted by molar-refractivity contribution is -0.470. The first-order valence-corrected chi connectivity index (χ1v) is 12.9. The molecule has 47 heavy (non-hydrogen) atoms. The first-order chi connectivity index (χ1) is 20.8.